The first-order chi connectivity index (χ1) is 7.13. The van der Waals surface area contributed by atoms with Gasteiger partial charge in [-0.15, -0.1) is 0 Å². The van der Waals surface area contributed by atoms with Gasteiger partial charge in [0.25, 0.3) is 5.24 Å². The molecular weight excluding hydrogens is 206 g/mol. The molecule has 15 heavy (non-hydrogen) atoms. The molecule has 0 saturated carbocycles. The summed E-state index contributed by atoms with van der Waals surface area (Å²) in [5.74, 6) is 0. The fourth-order valence-corrected chi connectivity index (χ4v) is 1.51. The van der Waals surface area contributed by atoms with E-state index < -0.39 is 0 Å². The van der Waals surface area contributed by atoms with Crippen LogP contribution >= 0.6 is 12.6 Å². The molecule has 1 rings (SSSR count). The van der Waals surface area contributed by atoms with Gasteiger partial charge < -0.3 is 4.90 Å². The van der Waals surface area contributed by atoms with Gasteiger partial charge in [0.1, 0.15) is 0 Å². The Morgan fingerprint density at radius 3 is 2.27 bits per heavy atom. The molecule has 1 aromatic carbocycles. The standard InChI is InChI=1S/C12H17NOS/c1-3-4-10-5-7-11(8-6-10)9-13(2)12(14)15/h5-8H,3-4,9H2,1-2H3,(H,14,15). The monoisotopic (exact) mass is 223 g/mol. The second kappa shape index (κ2) is 5.81. The van der Waals surface area contributed by atoms with Crippen molar-refractivity contribution >= 4 is 17.9 Å². The van der Waals surface area contributed by atoms with Crippen molar-refractivity contribution in [3.05, 3.63) is 35.4 Å². The molecule has 0 aliphatic heterocycles. The molecule has 0 aromatic heterocycles. The summed E-state index contributed by atoms with van der Waals surface area (Å²) in [7, 11) is 1.75. The summed E-state index contributed by atoms with van der Waals surface area (Å²) >= 11 is 3.76. The Labute approximate surface area is 96.7 Å². The molecule has 0 heterocycles. The van der Waals surface area contributed by atoms with Crippen molar-refractivity contribution in [2.45, 2.75) is 26.3 Å². The predicted molar refractivity (Wildman–Crippen MR) is 66.3 cm³/mol. The number of nitrogens with zero attached hydrogens (tertiary/aromatic N) is 1. The Morgan fingerprint density at radius 1 is 1.27 bits per heavy atom. The van der Waals surface area contributed by atoms with E-state index in [1.54, 1.807) is 11.9 Å². The molecule has 0 aliphatic rings. The summed E-state index contributed by atoms with van der Waals surface area (Å²) in [6, 6.07) is 8.38. The van der Waals surface area contributed by atoms with Gasteiger partial charge in [-0.25, -0.2) is 0 Å². The lowest BCUT2D eigenvalue weighted by atomic mass is 10.1. The van der Waals surface area contributed by atoms with Gasteiger partial charge in [-0.2, -0.15) is 0 Å². The highest BCUT2D eigenvalue weighted by Crippen LogP contribution is 2.09. The van der Waals surface area contributed by atoms with Gasteiger partial charge in [0.15, 0.2) is 0 Å². The number of thiol groups is 1. The summed E-state index contributed by atoms with van der Waals surface area (Å²) in [5.41, 5.74) is 2.49. The van der Waals surface area contributed by atoms with Gasteiger partial charge in [0.2, 0.25) is 0 Å². The molecule has 1 aromatic rings. The molecule has 0 bridgehead atoms. The van der Waals surface area contributed by atoms with Crippen molar-refractivity contribution in [3.63, 3.8) is 0 Å². The number of rotatable bonds is 4. The van der Waals surface area contributed by atoms with Gasteiger partial charge >= 0.3 is 0 Å². The molecule has 0 radical (unpaired) electrons. The predicted octanol–water partition coefficient (Wildman–Crippen LogP) is 3.12. The minimum absolute atomic E-state index is 0.201. The zero-order chi connectivity index (χ0) is 11.3. The smallest absolute Gasteiger partial charge is 0.278 e. The molecule has 82 valence electrons. The highest BCUT2D eigenvalue weighted by atomic mass is 32.1. The minimum atomic E-state index is -0.201. The lowest BCUT2D eigenvalue weighted by Gasteiger charge is -2.14. The summed E-state index contributed by atoms with van der Waals surface area (Å²) < 4.78 is 0. The van der Waals surface area contributed by atoms with E-state index in [4.69, 9.17) is 0 Å². The van der Waals surface area contributed by atoms with Crippen LogP contribution in [0.5, 0.6) is 0 Å². The van der Waals surface area contributed by atoms with E-state index in [0.29, 0.717) is 6.54 Å². The van der Waals surface area contributed by atoms with Crippen LogP contribution in [0.3, 0.4) is 0 Å². The van der Waals surface area contributed by atoms with Crippen LogP contribution in [0.15, 0.2) is 24.3 Å². The molecule has 0 atom stereocenters. The number of carbonyl (C=O) groups excluding carboxylic acids is 1. The van der Waals surface area contributed by atoms with Crippen LogP contribution in [0.4, 0.5) is 4.79 Å². The van der Waals surface area contributed by atoms with Gasteiger partial charge in [-0.1, -0.05) is 50.2 Å². The fraction of sp³-hybridized carbons (Fsp3) is 0.417. The molecule has 0 spiro atoms. The van der Waals surface area contributed by atoms with E-state index >= 15 is 0 Å². The Hall–Kier alpha value is -0.960. The zero-order valence-corrected chi connectivity index (χ0v) is 10.1. The molecule has 1 amide bonds. The topological polar surface area (TPSA) is 20.3 Å². The summed E-state index contributed by atoms with van der Waals surface area (Å²) in [5, 5.41) is -0.201. The van der Waals surface area contributed by atoms with Crippen LogP contribution in [-0.4, -0.2) is 17.2 Å². The molecule has 3 heteroatoms. The van der Waals surface area contributed by atoms with Gasteiger partial charge in [0, 0.05) is 13.6 Å². The van der Waals surface area contributed by atoms with E-state index in [0.717, 1.165) is 18.4 Å². The van der Waals surface area contributed by atoms with Crippen molar-refractivity contribution in [2.24, 2.45) is 0 Å². The molecule has 0 saturated heterocycles. The number of hydrogen-bond donors (Lipinski definition) is 1. The molecule has 0 unspecified atom stereocenters. The van der Waals surface area contributed by atoms with Gasteiger partial charge in [-0.05, 0) is 17.5 Å². The second-order valence-corrected chi connectivity index (χ2v) is 4.09. The lowest BCUT2D eigenvalue weighted by Crippen LogP contribution is -2.20. The van der Waals surface area contributed by atoms with Crippen molar-refractivity contribution in [2.75, 3.05) is 7.05 Å². The Kier molecular flexibility index (Phi) is 4.69. The number of aryl methyl sites for hydroxylation is 1. The largest absolute Gasteiger partial charge is 0.333 e. The van der Waals surface area contributed by atoms with Crippen LogP contribution < -0.4 is 0 Å². The summed E-state index contributed by atoms with van der Waals surface area (Å²) in [4.78, 5) is 12.5. The third kappa shape index (κ3) is 3.96. The SMILES string of the molecule is CCCc1ccc(CN(C)C(=O)S)cc1. The highest BCUT2D eigenvalue weighted by molar-refractivity contribution is 7.96. The van der Waals surface area contributed by atoms with E-state index in [-0.39, 0.29) is 5.24 Å². The van der Waals surface area contributed by atoms with Crippen molar-refractivity contribution < 1.29 is 4.79 Å². The average Bonchev–Trinajstić information content (AvgIpc) is 2.21. The average molecular weight is 223 g/mol. The van der Waals surface area contributed by atoms with Crippen LogP contribution in [0.2, 0.25) is 0 Å². The van der Waals surface area contributed by atoms with Crippen LogP contribution in [0.25, 0.3) is 0 Å². The van der Waals surface area contributed by atoms with Crippen molar-refractivity contribution in [1.29, 1.82) is 0 Å². The summed E-state index contributed by atoms with van der Waals surface area (Å²) in [6.45, 7) is 2.79. The number of hydrogen-bond acceptors (Lipinski definition) is 1. The number of amides is 1. The van der Waals surface area contributed by atoms with Gasteiger partial charge in [0.05, 0.1) is 0 Å². The zero-order valence-electron chi connectivity index (χ0n) is 9.23. The number of carbonyl (C=O) groups is 1. The molecule has 0 fully saturated rings. The third-order valence-corrected chi connectivity index (χ3v) is 2.65. The first kappa shape index (κ1) is 12.1. The Balaban J connectivity index is 2.60. The maximum Gasteiger partial charge on any atom is 0.278 e. The van der Waals surface area contributed by atoms with Crippen LogP contribution in [0, 0.1) is 0 Å². The van der Waals surface area contributed by atoms with Gasteiger partial charge in [-0.3, -0.25) is 4.79 Å². The molecular formula is C12H17NOS. The normalized spacial score (nSPS) is 10.1. The maximum atomic E-state index is 10.9. The van der Waals surface area contributed by atoms with Crippen molar-refractivity contribution in [3.8, 4) is 0 Å². The van der Waals surface area contributed by atoms with E-state index in [2.05, 4.69) is 43.8 Å². The van der Waals surface area contributed by atoms with Crippen molar-refractivity contribution in [1.82, 2.24) is 4.90 Å². The lowest BCUT2D eigenvalue weighted by molar-refractivity contribution is 0.232. The maximum absolute atomic E-state index is 10.9. The molecule has 0 aliphatic carbocycles. The third-order valence-electron chi connectivity index (χ3n) is 2.31. The minimum Gasteiger partial charge on any atom is -0.333 e. The van der Waals surface area contributed by atoms with Crippen LogP contribution in [-0.2, 0) is 13.0 Å². The Morgan fingerprint density at radius 2 is 1.80 bits per heavy atom. The Bertz CT molecular complexity index is 321. The van der Waals surface area contributed by atoms with E-state index in [9.17, 15) is 4.79 Å². The molecule has 2 nitrogen and oxygen atoms in total. The fourth-order valence-electron chi connectivity index (χ4n) is 1.44. The van der Waals surface area contributed by atoms with E-state index in [1.165, 1.54) is 5.56 Å². The summed E-state index contributed by atoms with van der Waals surface area (Å²) in [6.07, 6.45) is 2.27. The van der Waals surface area contributed by atoms with E-state index in [1.807, 2.05) is 0 Å². The second-order valence-electron chi connectivity index (χ2n) is 3.71. The first-order valence-electron chi connectivity index (χ1n) is 5.15. The highest BCUT2D eigenvalue weighted by Gasteiger charge is 2.03. The van der Waals surface area contributed by atoms with Crippen LogP contribution in [0.1, 0.15) is 24.5 Å². The molecule has 0 N–H and O–H groups in total. The quantitative estimate of drug-likeness (QED) is 0.778. The number of benzene rings is 1. The first-order valence-corrected chi connectivity index (χ1v) is 5.60.